The molecule has 0 amide bonds. The smallest absolute Gasteiger partial charge is 0.146 e. The number of aryl methyl sites for hydroxylation is 1. The Hall–Kier alpha value is -0.980. The van der Waals surface area contributed by atoms with Crippen LogP contribution in [0, 0.1) is 5.92 Å². The third-order valence-corrected chi connectivity index (χ3v) is 4.00. The first kappa shape index (κ1) is 15.4. The molecule has 2 rings (SSSR count). The van der Waals surface area contributed by atoms with Gasteiger partial charge in [-0.3, -0.25) is 0 Å². The molecule has 0 spiro atoms. The molecule has 3 atom stereocenters. The Kier molecular flexibility index (Phi) is 5.94. The van der Waals surface area contributed by atoms with Crippen molar-refractivity contribution in [2.75, 3.05) is 13.2 Å². The standard InChI is InChI=1S/C14H26N4O2/c1-11-5-3-4-6-13(11)20-9-12(19)7-15-8-14-17-16-10-18(14)2/h10-13,15,19H,3-9H2,1-2H3. The highest BCUT2D eigenvalue weighted by Gasteiger charge is 2.22. The van der Waals surface area contributed by atoms with Crippen molar-refractivity contribution in [2.45, 2.75) is 51.4 Å². The fourth-order valence-electron chi connectivity index (χ4n) is 2.64. The molecule has 1 aliphatic rings. The van der Waals surface area contributed by atoms with E-state index in [1.807, 2.05) is 11.6 Å². The van der Waals surface area contributed by atoms with E-state index in [1.54, 1.807) is 6.33 Å². The SMILES string of the molecule is CC1CCCCC1OCC(O)CNCc1nncn1C. The molecule has 3 unspecified atom stereocenters. The van der Waals surface area contributed by atoms with Crippen LogP contribution in [0.5, 0.6) is 0 Å². The van der Waals surface area contributed by atoms with Gasteiger partial charge in [0.2, 0.25) is 0 Å². The molecule has 1 aromatic heterocycles. The van der Waals surface area contributed by atoms with E-state index in [-0.39, 0.29) is 0 Å². The average Bonchev–Trinajstić information content (AvgIpc) is 2.84. The summed E-state index contributed by atoms with van der Waals surface area (Å²) >= 11 is 0. The summed E-state index contributed by atoms with van der Waals surface area (Å²) in [4.78, 5) is 0. The topological polar surface area (TPSA) is 72.2 Å². The summed E-state index contributed by atoms with van der Waals surface area (Å²) in [6, 6.07) is 0. The third kappa shape index (κ3) is 4.54. The first-order valence-corrected chi connectivity index (χ1v) is 7.50. The maximum atomic E-state index is 9.93. The van der Waals surface area contributed by atoms with E-state index in [0.717, 1.165) is 12.2 Å². The Morgan fingerprint density at radius 3 is 3.00 bits per heavy atom. The highest BCUT2D eigenvalue weighted by atomic mass is 16.5. The summed E-state index contributed by atoms with van der Waals surface area (Å²) in [7, 11) is 1.90. The van der Waals surface area contributed by atoms with Crippen molar-refractivity contribution in [3.8, 4) is 0 Å². The minimum Gasteiger partial charge on any atom is -0.389 e. The van der Waals surface area contributed by atoms with Crippen molar-refractivity contribution in [1.82, 2.24) is 20.1 Å². The Bertz CT molecular complexity index is 396. The number of aliphatic hydroxyl groups is 1. The summed E-state index contributed by atoms with van der Waals surface area (Å²) in [6.07, 6.45) is 6.43. The molecule has 1 fully saturated rings. The second kappa shape index (κ2) is 7.71. The fraction of sp³-hybridized carbons (Fsp3) is 0.857. The fourth-order valence-corrected chi connectivity index (χ4v) is 2.64. The van der Waals surface area contributed by atoms with Crippen LogP contribution in [0.25, 0.3) is 0 Å². The van der Waals surface area contributed by atoms with Crippen molar-refractivity contribution in [2.24, 2.45) is 13.0 Å². The van der Waals surface area contributed by atoms with Crippen molar-refractivity contribution < 1.29 is 9.84 Å². The minimum absolute atomic E-state index is 0.317. The van der Waals surface area contributed by atoms with E-state index >= 15 is 0 Å². The number of aliphatic hydroxyl groups excluding tert-OH is 1. The molecule has 1 heterocycles. The summed E-state index contributed by atoms with van der Waals surface area (Å²) in [5.41, 5.74) is 0. The van der Waals surface area contributed by atoms with Gasteiger partial charge in [-0.1, -0.05) is 19.8 Å². The highest BCUT2D eigenvalue weighted by molar-refractivity contribution is 4.83. The molecule has 114 valence electrons. The largest absolute Gasteiger partial charge is 0.389 e. The first-order chi connectivity index (χ1) is 9.66. The molecule has 0 aliphatic heterocycles. The second-order valence-corrected chi connectivity index (χ2v) is 5.78. The van der Waals surface area contributed by atoms with E-state index < -0.39 is 6.10 Å². The normalized spacial score (nSPS) is 24.8. The molecule has 1 aliphatic carbocycles. The van der Waals surface area contributed by atoms with Gasteiger partial charge in [-0.25, -0.2) is 0 Å². The lowest BCUT2D eigenvalue weighted by Gasteiger charge is -2.29. The van der Waals surface area contributed by atoms with Gasteiger partial charge in [0.25, 0.3) is 0 Å². The zero-order valence-corrected chi connectivity index (χ0v) is 12.5. The summed E-state index contributed by atoms with van der Waals surface area (Å²) in [6.45, 7) is 3.75. The molecule has 2 N–H and O–H groups in total. The average molecular weight is 282 g/mol. The van der Waals surface area contributed by atoms with Crippen molar-refractivity contribution in [1.29, 1.82) is 0 Å². The lowest BCUT2D eigenvalue weighted by Crippen LogP contribution is -2.34. The number of rotatable bonds is 7. The highest BCUT2D eigenvalue weighted by Crippen LogP contribution is 2.26. The summed E-state index contributed by atoms with van der Waals surface area (Å²) in [5.74, 6) is 1.47. The number of nitrogens with one attached hydrogen (secondary N) is 1. The Morgan fingerprint density at radius 1 is 1.50 bits per heavy atom. The van der Waals surface area contributed by atoms with Gasteiger partial charge >= 0.3 is 0 Å². The van der Waals surface area contributed by atoms with Crippen LogP contribution in [-0.2, 0) is 18.3 Å². The molecule has 0 aromatic carbocycles. The Labute approximate surface area is 120 Å². The molecular formula is C14H26N4O2. The molecular weight excluding hydrogens is 256 g/mol. The van der Waals surface area contributed by atoms with Crippen LogP contribution in [0.15, 0.2) is 6.33 Å². The van der Waals surface area contributed by atoms with Gasteiger partial charge in [-0.2, -0.15) is 0 Å². The van der Waals surface area contributed by atoms with Crippen LogP contribution in [0.2, 0.25) is 0 Å². The maximum absolute atomic E-state index is 9.93. The molecule has 1 aromatic rings. The van der Waals surface area contributed by atoms with E-state index in [9.17, 15) is 5.11 Å². The van der Waals surface area contributed by atoms with Gasteiger partial charge in [0.05, 0.1) is 25.4 Å². The van der Waals surface area contributed by atoms with Crippen LogP contribution >= 0.6 is 0 Å². The predicted molar refractivity (Wildman–Crippen MR) is 76.1 cm³/mol. The van der Waals surface area contributed by atoms with Crippen LogP contribution in [0.3, 0.4) is 0 Å². The number of ether oxygens (including phenoxy) is 1. The second-order valence-electron chi connectivity index (χ2n) is 5.78. The minimum atomic E-state index is -0.475. The number of hydrogen-bond acceptors (Lipinski definition) is 5. The molecule has 0 saturated heterocycles. The van der Waals surface area contributed by atoms with Gasteiger partial charge < -0.3 is 19.7 Å². The first-order valence-electron chi connectivity index (χ1n) is 7.50. The zero-order chi connectivity index (χ0) is 14.4. The Balaban J connectivity index is 1.60. The maximum Gasteiger partial charge on any atom is 0.146 e. The van der Waals surface area contributed by atoms with Crippen LogP contribution < -0.4 is 5.32 Å². The van der Waals surface area contributed by atoms with Crippen molar-refractivity contribution >= 4 is 0 Å². The van der Waals surface area contributed by atoms with Crippen LogP contribution in [0.4, 0.5) is 0 Å². The number of aromatic nitrogens is 3. The van der Waals surface area contributed by atoms with E-state index in [4.69, 9.17) is 4.74 Å². The molecule has 20 heavy (non-hydrogen) atoms. The van der Waals surface area contributed by atoms with Crippen molar-refractivity contribution in [3.63, 3.8) is 0 Å². The molecule has 1 saturated carbocycles. The molecule has 0 bridgehead atoms. The lowest BCUT2D eigenvalue weighted by molar-refractivity contribution is -0.0452. The van der Waals surface area contributed by atoms with E-state index in [0.29, 0.717) is 31.7 Å². The summed E-state index contributed by atoms with van der Waals surface area (Å²) < 4.78 is 7.71. The third-order valence-electron chi connectivity index (χ3n) is 4.00. The van der Waals surface area contributed by atoms with Gasteiger partial charge in [0.1, 0.15) is 12.2 Å². The quantitative estimate of drug-likeness (QED) is 0.776. The van der Waals surface area contributed by atoms with Gasteiger partial charge in [0.15, 0.2) is 0 Å². The Morgan fingerprint density at radius 2 is 2.30 bits per heavy atom. The zero-order valence-electron chi connectivity index (χ0n) is 12.5. The summed E-state index contributed by atoms with van der Waals surface area (Å²) in [5, 5.41) is 20.9. The van der Waals surface area contributed by atoms with Gasteiger partial charge in [0, 0.05) is 13.6 Å². The lowest BCUT2D eigenvalue weighted by atomic mass is 9.88. The predicted octanol–water partition coefficient (Wildman–Crippen LogP) is 0.861. The molecule has 6 heteroatoms. The molecule has 0 radical (unpaired) electrons. The van der Waals surface area contributed by atoms with E-state index in [1.165, 1.54) is 19.3 Å². The number of nitrogens with zero attached hydrogens (tertiary/aromatic N) is 3. The molecule has 6 nitrogen and oxygen atoms in total. The van der Waals surface area contributed by atoms with Gasteiger partial charge in [-0.05, 0) is 18.8 Å². The van der Waals surface area contributed by atoms with Crippen LogP contribution in [-0.4, -0.2) is 45.2 Å². The van der Waals surface area contributed by atoms with Crippen LogP contribution in [0.1, 0.15) is 38.4 Å². The van der Waals surface area contributed by atoms with E-state index in [2.05, 4.69) is 22.4 Å². The number of hydrogen-bond donors (Lipinski definition) is 2. The van der Waals surface area contributed by atoms with Crippen molar-refractivity contribution in [3.05, 3.63) is 12.2 Å². The van der Waals surface area contributed by atoms with Gasteiger partial charge in [-0.15, -0.1) is 10.2 Å². The monoisotopic (exact) mass is 282 g/mol.